The van der Waals surface area contributed by atoms with Crippen LogP contribution >= 0.6 is 0 Å². The summed E-state index contributed by atoms with van der Waals surface area (Å²) in [5.74, 6) is 2.64. The van der Waals surface area contributed by atoms with Crippen LogP contribution in [0.25, 0.3) is 10.9 Å². The number of nitrogens with zero attached hydrogens (tertiary/aromatic N) is 3. The number of aromatic nitrogens is 2. The van der Waals surface area contributed by atoms with Crippen LogP contribution in [0.2, 0.25) is 0 Å². The summed E-state index contributed by atoms with van der Waals surface area (Å²) in [6.45, 7) is 2.90. The summed E-state index contributed by atoms with van der Waals surface area (Å²) in [6, 6.07) is 8.54. The van der Waals surface area contributed by atoms with Gasteiger partial charge >= 0.3 is 6.18 Å². The topological polar surface area (TPSA) is 47.2 Å². The zero-order valence-corrected chi connectivity index (χ0v) is 20.1. The average Bonchev–Trinajstić information content (AvgIpc) is 3.17. The number of benzene rings is 1. The van der Waals surface area contributed by atoms with Crippen LogP contribution in [-0.4, -0.2) is 70.9 Å². The van der Waals surface area contributed by atoms with Gasteiger partial charge < -0.3 is 10.3 Å². The molecule has 5 nitrogen and oxygen atoms in total. The standard InChI is InChI=1S/C27H29F4N5/c1-3-18-5-7-23-21(12-18)22-11-17(2)36(16-27(29,30)31)26(25(22)34-23)24-8-6-19(13-32-24)33-20-14-35(15-20)10-4-9-28/h1,5-8,12-13,17,20,26,33-34H,4,9-11,14-16H2,2H3. The zero-order valence-electron chi connectivity index (χ0n) is 20.1. The van der Waals surface area contributed by atoms with Crippen LogP contribution in [0.1, 0.15) is 41.9 Å². The van der Waals surface area contributed by atoms with E-state index in [1.54, 1.807) is 12.3 Å². The minimum Gasteiger partial charge on any atom is -0.378 e. The lowest BCUT2D eigenvalue weighted by atomic mass is 9.90. The third-order valence-electron chi connectivity index (χ3n) is 7.14. The van der Waals surface area contributed by atoms with Crippen LogP contribution in [0.4, 0.5) is 23.2 Å². The lowest BCUT2D eigenvalue weighted by molar-refractivity contribution is -0.155. The van der Waals surface area contributed by atoms with Crippen molar-refractivity contribution in [3.8, 4) is 12.3 Å². The minimum absolute atomic E-state index is 0.249. The van der Waals surface area contributed by atoms with Crippen LogP contribution in [0.15, 0.2) is 36.5 Å². The van der Waals surface area contributed by atoms with Crippen molar-refractivity contribution in [2.45, 2.75) is 44.1 Å². The molecule has 0 bridgehead atoms. The van der Waals surface area contributed by atoms with Crippen molar-refractivity contribution in [1.82, 2.24) is 19.8 Å². The van der Waals surface area contributed by atoms with Gasteiger partial charge in [0.25, 0.3) is 0 Å². The van der Waals surface area contributed by atoms with Gasteiger partial charge in [0.15, 0.2) is 0 Å². The lowest BCUT2D eigenvalue weighted by Crippen LogP contribution is -2.54. The maximum atomic E-state index is 13.6. The first-order valence-corrected chi connectivity index (χ1v) is 12.2. The molecule has 4 heterocycles. The summed E-state index contributed by atoms with van der Waals surface area (Å²) in [6.07, 6.45) is 3.95. The first-order chi connectivity index (χ1) is 17.3. The Balaban J connectivity index is 1.44. The summed E-state index contributed by atoms with van der Waals surface area (Å²) >= 11 is 0. The molecule has 1 aromatic carbocycles. The van der Waals surface area contributed by atoms with E-state index >= 15 is 0 Å². The molecule has 2 N–H and O–H groups in total. The molecule has 0 spiro atoms. The molecular formula is C27H29F4N5. The number of halogens is 4. The van der Waals surface area contributed by atoms with Crippen LogP contribution in [-0.2, 0) is 6.42 Å². The maximum absolute atomic E-state index is 13.6. The van der Waals surface area contributed by atoms with Gasteiger partial charge in [0.1, 0.15) is 0 Å². The molecule has 2 aliphatic heterocycles. The summed E-state index contributed by atoms with van der Waals surface area (Å²) in [4.78, 5) is 11.6. The Bertz CT molecular complexity index is 1250. The molecule has 1 fully saturated rings. The van der Waals surface area contributed by atoms with Gasteiger partial charge in [0, 0.05) is 47.8 Å². The molecule has 0 saturated carbocycles. The molecule has 9 heteroatoms. The van der Waals surface area contributed by atoms with E-state index in [-0.39, 0.29) is 18.8 Å². The van der Waals surface area contributed by atoms with E-state index in [0.29, 0.717) is 18.5 Å². The number of anilines is 1. The number of alkyl halides is 4. The van der Waals surface area contributed by atoms with E-state index in [1.165, 1.54) is 4.90 Å². The van der Waals surface area contributed by atoms with E-state index in [4.69, 9.17) is 6.42 Å². The van der Waals surface area contributed by atoms with Crippen molar-refractivity contribution >= 4 is 16.6 Å². The second-order valence-electron chi connectivity index (χ2n) is 9.78. The summed E-state index contributed by atoms with van der Waals surface area (Å²) in [5.41, 5.74) is 4.68. The Hall–Kier alpha value is -3.09. The molecule has 0 aliphatic carbocycles. The Morgan fingerprint density at radius 1 is 1.22 bits per heavy atom. The number of H-pyrrole nitrogens is 1. The van der Waals surface area contributed by atoms with Gasteiger partial charge in [-0.25, -0.2) is 0 Å². The van der Waals surface area contributed by atoms with E-state index in [2.05, 4.69) is 26.1 Å². The monoisotopic (exact) mass is 499 g/mol. The molecule has 190 valence electrons. The molecule has 2 aromatic heterocycles. The van der Waals surface area contributed by atoms with Gasteiger partial charge in [0.2, 0.25) is 0 Å². The van der Waals surface area contributed by atoms with Gasteiger partial charge in [-0.1, -0.05) is 5.92 Å². The van der Waals surface area contributed by atoms with E-state index in [9.17, 15) is 17.6 Å². The highest BCUT2D eigenvalue weighted by atomic mass is 19.4. The third-order valence-corrected chi connectivity index (χ3v) is 7.14. The van der Waals surface area contributed by atoms with Crippen LogP contribution in [0.3, 0.4) is 0 Å². The molecule has 2 unspecified atom stereocenters. The summed E-state index contributed by atoms with van der Waals surface area (Å²) in [5, 5.41) is 4.36. The molecule has 2 aliphatic rings. The fraction of sp³-hybridized carbons (Fsp3) is 0.444. The Kier molecular flexibility index (Phi) is 6.66. The summed E-state index contributed by atoms with van der Waals surface area (Å²) < 4.78 is 53.2. The number of hydrogen-bond acceptors (Lipinski definition) is 4. The van der Waals surface area contributed by atoms with Crippen LogP contribution in [0.5, 0.6) is 0 Å². The molecule has 0 radical (unpaired) electrons. The number of pyridine rings is 1. The van der Waals surface area contributed by atoms with Crippen LogP contribution in [0, 0.1) is 12.3 Å². The van der Waals surface area contributed by atoms with Gasteiger partial charge in [-0.2, -0.15) is 13.2 Å². The first-order valence-electron chi connectivity index (χ1n) is 12.2. The number of aromatic amines is 1. The fourth-order valence-electron chi connectivity index (χ4n) is 5.43. The molecular weight excluding hydrogens is 470 g/mol. The van der Waals surface area contributed by atoms with Crippen LogP contribution < -0.4 is 5.32 Å². The van der Waals surface area contributed by atoms with Gasteiger partial charge in [-0.05, 0) is 55.7 Å². The van der Waals surface area contributed by atoms with E-state index in [0.717, 1.165) is 53.0 Å². The molecule has 5 rings (SSSR count). The largest absolute Gasteiger partial charge is 0.401 e. The molecule has 36 heavy (non-hydrogen) atoms. The number of nitrogens with one attached hydrogen (secondary N) is 2. The van der Waals surface area contributed by atoms with E-state index < -0.39 is 18.8 Å². The summed E-state index contributed by atoms with van der Waals surface area (Å²) in [7, 11) is 0. The zero-order chi connectivity index (χ0) is 25.4. The van der Waals surface area contributed by atoms with Crippen molar-refractivity contribution in [2.24, 2.45) is 0 Å². The van der Waals surface area contributed by atoms with Gasteiger partial charge in [-0.3, -0.25) is 19.2 Å². The highest BCUT2D eigenvalue weighted by Crippen LogP contribution is 2.41. The highest BCUT2D eigenvalue weighted by molar-refractivity contribution is 5.86. The molecule has 1 saturated heterocycles. The fourth-order valence-corrected chi connectivity index (χ4v) is 5.43. The number of hydrogen-bond donors (Lipinski definition) is 2. The second-order valence-corrected chi connectivity index (χ2v) is 9.78. The SMILES string of the molecule is C#Cc1ccc2[nH]c3c(c2c1)CC(C)N(CC(F)(F)F)C3c1ccc(NC2CN(CCCF)C2)cn1. The second kappa shape index (κ2) is 9.75. The third kappa shape index (κ3) is 4.93. The van der Waals surface area contributed by atoms with Crippen molar-refractivity contribution in [2.75, 3.05) is 38.2 Å². The quantitative estimate of drug-likeness (QED) is 0.359. The first kappa shape index (κ1) is 24.6. The normalized spacial score (nSPS) is 21.2. The highest BCUT2D eigenvalue weighted by Gasteiger charge is 2.42. The van der Waals surface area contributed by atoms with Gasteiger partial charge in [0.05, 0.1) is 42.9 Å². The maximum Gasteiger partial charge on any atom is 0.401 e. The molecule has 3 aromatic rings. The van der Waals surface area contributed by atoms with Crippen molar-refractivity contribution < 1.29 is 17.6 Å². The van der Waals surface area contributed by atoms with E-state index in [1.807, 2.05) is 31.2 Å². The minimum atomic E-state index is -4.34. The predicted molar refractivity (Wildman–Crippen MR) is 133 cm³/mol. The Morgan fingerprint density at radius 2 is 2.03 bits per heavy atom. The Labute approximate surface area is 207 Å². The smallest absolute Gasteiger partial charge is 0.378 e. The van der Waals surface area contributed by atoms with Crippen molar-refractivity contribution in [3.05, 3.63) is 59.0 Å². The lowest BCUT2D eigenvalue weighted by Gasteiger charge is -2.41. The molecule has 2 atom stereocenters. The number of fused-ring (bicyclic) bond motifs is 3. The van der Waals surface area contributed by atoms with Crippen molar-refractivity contribution in [3.63, 3.8) is 0 Å². The van der Waals surface area contributed by atoms with Gasteiger partial charge in [-0.15, -0.1) is 6.42 Å². The predicted octanol–water partition coefficient (Wildman–Crippen LogP) is 4.90. The molecule has 0 amide bonds. The number of rotatable bonds is 7. The van der Waals surface area contributed by atoms with Crippen molar-refractivity contribution in [1.29, 1.82) is 0 Å². The Morgan fingerprint density at radius 3 is 2.69 bits per heavy atom. The average molecular weight is 500 g/mol. The number of terminal acetylenes is 1. The number of likely N-dealkylation sites (tertiary alicyclic amines) is 1.